The number of aromatic nitrogens is 3. The van der Waals surface area contributed by atoms with E-state index < -0.39 is 0 Å². The molecule has 0 saturated heterocycles. The van der Waals surface area contributed by atoms with E-state index in [2.05, 4.69) is 36.2 Å². The van der Waals surface area contributed by atoms with Crippen LogP contribution in [-0.4, -0.2) is 39.8 Å². The average Bonchev–Trinajstić information content (AvgIpc) is 3.62. The molecule has 7 heteroatoms. The van der Waals surface area contributed by atoms with Crippen LogP contribution in [0.3, 0.4) is 0 Å². The van der Waals surface area contributed by atoms with Crippen molar-refractivity contribution in [3.8, 4) is 11.8 Å². The number of nitrogens with one attached hydrogen (secondary N) is 1. The summed E-state index contributed by atoms with van der Waals surface area (Å²) in [5, 5.41) is 8.83. The molecular formula is C30H32N4O3. The maximum absolute atomic E-state index is 13.5. The third-order valence-electron chi connectivity index (χ3n) is 8.50. The fourth-order valence-electron chi connectivity index (χ4n) is 6.31. The number of carbonyl (C=O) groups is 2. The van der Waals surface area contributed by atoms with Crippen molar-refractivity contribution in [2.24, 2.45) is 11.3 Å². The molecule has 0 radical (unpaired) electrons. The van der Waals surface area contributed by atoms with E-state index in [0.29, 0.717) is 11.5 Å². The summed E-state index contributed by atoms with van der Waals surface area (Å²) in [5.41, 5.74) is 4.65. The molecule has 1 spiro atoms. The third kappa shape index (κ3) is 4.19. The van der Waals surface area contributed by atoms with E-state index in [1.165, 1.54) is 20.0 Å². The molecule has 3 fully saturated rings. The number of methoxy groups -OCH3 is 1. The van der Waals surface area contributed by atoms with Crippen LogP contribution in [0.1, 0.15) is 91.5 Å². The standard InChI is InChI=1S/C30H32N4O3/c1-4-5-19-8-10-24(28(35)33-23-14-30(15-23)12-22(13-30)29(36)37-3)27-25(19)17-32-34(27)18(2)21-9-11-26(31-16-21)20-6-7-20/h8-11,16-18,20,22-23H,6-7,12-15H2,1-3H3,(H,33,35)/t18-,22?,23?,30?/m0/s1. The maximum Gasteiger partial charge on any atom is 0.308 e. The number of ether oxygens (including phenoxy) is 1. The van der Waals surface area contributed by atoms with Crippen LogP contribution in [0.15, 0.2) is 36.7 Å². The van der Waals surface area contributed by atoms with Gasteiger partial charge in [-0.25, -0.2) is 0 Å². The highest BCUT2D eigenvalue weighted by Crippen LogP contribution is 2.59. The highest BCUT2D eigenvalue weighted by Gasteiger charge is 2.55. The Bertz CT molecular complexity index is 1430. The molecule has 3 aromatic rings. The quantitative estimate of drug-likeness (QED) is 0.393. The fraction of sp³-hybridized carbons (Fsp3) is 0.467. The van der Waals surface area contributed by atoms with Crippen LogP contribution >= 0.6 is 0 Å². The van der Waals surface area contributed by atoms with Gasteiger partial charge in [0.1, 0.15) is 0 Å². The Labute approximate surface area is 217 Å². The van der Waals surface area contributed by atoms with E-state index in [9.17, 15) is 9.59 Å². The zero-order chi connectivity index (χ0) is 25.7. The van der Waals surface area contributed by atoms with Crippen molar-refractivity contribution in [3.05, 3.63) is 59.0 Å². The number of nitrogens with zero attached hydrogens (tertiary/aromatic N) is 3. The van der Waals surface area contributed by atoms with Gasteiger partial charge in [0, 0.05) is 34.8 Å². The van der Waals surface area contributed by atoms with Crippen molar-refractivity contribution >= 4 is 22.8 Å². The molecule has 1 N–H and O–H groups in total. The minimum atomic E-state index is -0.115. The molecule has 3 aliphatic carbocycles. The van der Waals surface area contributed by atoms with Gasteiger partial charge in [-0.15, -0.1) is 5.92 Å². The number of rotatable bonds is 6. The predicted octanol–water partition coefficient (Wildman–Crippen LogP) is 4.75. The highest BCUT2D eigenvalue weighted by molar-refractivity contribution is 6.07. The van der Waals surface area contributed by atoms with Crippen LogP contribution in [0.2, 0.25) is 0 Å². The smallest absolute Gasteiger partial charge is 0.308 e. The number of esters is 1. The van der Waals surface area contributed by atoms with Crippen molar-refractivity contribution in [2.75, 3.05) is 7.11 Å². The summed E-state index contributed by atoms with van der Waals surface area (Å²) >= 11 is 0. The summed E-state index contributed by atoms with van der Waals surface area (Å²) in [7, 11) is 1.44. The molecule has 3 aliphatic rings. The number of hydrogen-bond donors (Lipinski definition) is 1. The topological polar surface area (TPSA) is 86.1 Å². The van der Waals surface area contributed by atoms with Crippen molar-refractivity contribution < 1.29 is 14.3 Å². The minimum Gasteiger partial charge on any atom is -0.469 e. The van der Waals surface area contributed by atoms with Crippen LogP contribution in [0, 0.1) is 23.2 Å². The third-order valence-corrected chi connectivity index (χ3v) is 8.50. The lowest BCUT2D eigenvalue weighted by molar-refractivity contribution is -0.159. The molecule has 6 rings (SSSR count). The van der Waals surface area contributed by atoms with E-state index in [-0.39, 0.29) is 35.3 Å². The van der Waals surface area contributed by atoms with E-state index in [1.54, 1.807) is 0 Å². The van der Waals surface area contributed by atoms with Gasteiger partial charge in [0.15, 0.2) is 0 Å². The van der Waals surface area contributed by atoms with Gasteiger partial charge in [0.2, 0.25) is 0 Å². The first-order valence-corrected chi connectivity index (χ1v) is 13.2. The minimum absolute atomic E-state index is 0.0113. The van der Waals surface area contributed by atoms with Crippen LogP contribution in [0.4, 0.5) is 0 Å². The zero-order valence-corrected chi connectivity index (χ0v) is 21.6. The SMILES string of the molecule is CC#Cc1ccc(C(=O)NC2CC3(C2)CC(C(=O)OC)C3)c2c1cnn2[C@@H](C)c1ccc(C2CC2)nc1. The molecule has 0 bridgehead atoms. The molecule has 0 aliphatic heterocycles. The highest BCUT2D eigenvalue weighted by atomic mass is 16.5. The number of carbonyl (C=O) groups excluding carboxylic acids is 2. The largest absolute Gasteiger partial charge is 0.469 e. The molecule has 190 valence electrons. The first kappa shape index (κ1) is 23.7. The van der Waals surface area contributed by atoms with E-state index in [4.69, 9.17) is 14.8 Å². The summed E-state index contributed by atoms with van der Waals surface area (Å²) in [4.78, 5) is 30.0. The monoisotopic (exact) mass is 496 g/mol. The Morgan fingerprint density at radius 2 is 1.92 bits per heavy atom. The maximum atomic E-state index is 13.5. The number of fused-ring (bicyclic) bond motifs is 1. The molecule has 1 amide bonds. The van der Waals surface area contributed by atoms with Crippen LogP contribution in [0.25, 0.3) is 10.9 Å². The average molecular weight is 497 g/mol. The Kier molecular flexibility index (Phi) is 5.78. The zero-order valence-electron chi connectivity index (χ0n) is 21.6. The number of amides is 1. The lowest BCUT2D eigenvalue weighted by Crippen LogP contribution is -2.57. The normalized spacial score (nSPS) is 24.9. The first-order valence-electron chi connectivity index (χ1n) is 13.2. The molecule has 1 aromatic carbocycles. The summed E-state index contributed by atoms with van der Waals surface area (Å²) in [5.74, 6) is 6.54. The van der Waals surface area contributed by atoms with Crippen LogP contribution in [0.5, 0.6) is 0 Å². The number of hydrogen-bond acceptors (Lipinski definition) is 5. The summed E-state index contributed by atoms with van der Waals surface area (Å²) in [6.07, 6.45) is 9.73. The van der Waals surface area contributed by atoms with Gasteiger partial charge in [-0.3, -0.25) is 19.3 Å². The van der Waals surface area contributed by atoms with Gasteiger partial charge < -0.3 is 10.1 Å². The van der Waals surface area contributed by atoms with Crippen LogP contribution < -0.4 is 5.32 Å². The molecular weight excluding hydrogens is 464 g/mol. The van der Waals surface area contributed by atoms with Crippen molar-refractivity contribution in [1.82, 2.24) is 20.1 Å². The van der Waals surface area contributed by atoms with E-state index in [0.717, 1.165) is 53.4 Å². The second-order valence-corrected chi connectivity index (χ2v) is 11.1. The van der Waals surface area contributed by atoms with Crippen molar-refractivity contribution in [1.29, 1.82) is 0 Å². The molecule has 2 aromatic heterocycles. The second kappa shape index (κ2) is 9.02. The van der Waals surface area contributed by atoms with Gasteiger partial charge in [-0.2, -0.15) is 5.10 Å². The fourth-order valence-corrected chi connectivity index (χ4v) is 6.31. The summed E-state index contributed by atoms with van der Waals surface area (Å²) in [6, 6.07) is 8.04. The lowest BCUT2D eigenvalue weighted by Gasteiger charge is -2.56. The molecule has 7 nitrogen and oxygen atoms in total. The first-order chi connectivity index (χ1) is 17.9. The predicted molar refractivity (Wildman–Crippen MR) is 140 cm³/mol. The molecule has 1 atom stereocenters. The molecule has 2 heterocycles. The lowest BCUT2D eigenvalue weighted by atomic mass is 9.50. The van der Waals surface area contributed by atoms with Gasteiger partial charge >= 0.3 is 5.97 Å². The molecule has 0 unspecified atom stereocenters. The molecule has 3 saturated carbocycles. The molecule has 37 heavy (non-hydrogen) atoms. The Hall–Kier alpha value is -3.66. The van der Waals surface area contributed by atoms with Crippen molar-refractivity contribution in [3.63, 3.8) is 0 Å². The van der Waals surface area contributed by atoms with E-state index >= 15 is 0 Å². The number of benzene rings is 1. The Balaban J connectivity index is 1.24. The van der Waals surface area contributed by atoms with E-state index in [1.807, 2.05) is 36.1 Å². The van der Waals surface area contributed by atoms with Gasteiger partial charge in [0.05, 0.1) is 36.3 Å². The second-order valence-electron chi connectivity index (χ2n) is 11.1. The van der Waals surface area contributed by atoms with Crippen LogP contribution in [-0.2, 0) is 9.53 Å². The summed E-state index contributed by atoms with van der Waals surface area (Å²) < 4.78 is 6.80. The Morgan fingerprint density at radius 3 is 2.57 bits per heavy atom. The van der Waals surface area contributed by atoms with Gasteiger partial charge in [0.25, 0.3) is 5.91 Å². The number of pyridine rings is 1. The Morgan fingerprint density at radius 1 is 1.14 bits per heavy atom. The van der Waals surface area contributed by atoms with Gasteiger partial charge in [-0.05, 0) is 81.5 Å². The van der Waals surface area contributed by atoms with Gasteiger partial charge in [-0.1, -0.05) is 12.0 Å². The summed E-state index contributed by atoms with van der Waals surface area (Å²) in [6.45, 7) is 3.90. The van der Waals surface area contributed by atoms with Crippen molar-refractivity contribution in [2.45, 2.75) is 70.4 Å².